The molecule has 0 atom stereocenters. The van der Waals surface area contributed by atoms with Crippen molar-refractivity contribution >= 4 is 39.1 Å². The van der Waals surface area contributed by atoms with E-state index in [4.69, 9.17) is 4.74 Å². The topological polar surface area (TPSA) is 38.7 Å². The predicted octanol–water partition coefficient (Wildman–Crippen LogP) is 3.03. The molecule has 1 aliphatic heterocycles. The summed E-state index contributed by atoms with van der Waals surface area (Å²) in [5.41, 5.74) is 1.41. The van der Waals surface area contributed by atoms with Crippen molar-refractivity contribution in [2.24, 2.45) is 4.99 Å². The first-order valence-electron chi connectivity index (χ1n) is 4.93. The molecule has 0 saturated carbocycles. The summed E-state index contributed by atoms with van der Waals surface area (Å²) in [5.74, 6) is 0.770. The Morgan fingerprint density at radius 1 is 1.47 bits per heavy atom. The normalized spacial score (nSPS) is 17.4. The number of rotatable bonds is 2. The number of thioether (sulfide) groups is 2. The van der Waals surface area contributed by atoms with Gasteiger partial charge in [-0.25, -0.2) is 4.99 Å². The van der Waals surface area contributed by atoms with Crippen LogP contribution in [-0.2, 0) is 4.79 Å². The van der Waals surface area contributed by atoms with Crippen molar-refractivity contribution in [1.82, 2.24) is 0 Å². The first-order chi connectivity index (χ1) is 8.22. The van der Waals surface area contributed by atoms with E-state index in [-0.39, 0.29) is 5.12 Å². The highest BCUT2D eigenvalue weighted by atomic mass is 32.2. The highest BCUT2D eigenvalue weighted by molar-refractivity contribution is 8.45. The van der Waals surface area contributed by atoms with Gasteiger partial charge in [0, 0.05) is 0 Å². The SMILES string of the molecule is COc1cccc(/C=C2/N=C(SC)SC2=O)c1. The second kappa shape index (κ2) is 5.42. The zero-order valence-electron chi connectivity index (χ0n) is 9.47. The Morgan fingerprint density at radius 3 is 2.94 bits per heavy atom. The maximum Gasteiger partial charge on any atom is 0.244 e. The number of nitrogens with zero attached hydrogens (tertiary/aromatic N) is 1. The Balaban J connectivity index is 2.29. The maximum atomic E-state index is 11.6. The van der Waals surface area contributed by atoms with Crippen LogP contribution in [0.15, 0.2) is 35.0 Å². The zero-order chi connectivity index (χ0) is 12.3. The molecule has 1 aromatic carbocycles. The molecule has 88 valence electrons. The van der Waals surface area contributed by atoms with E-state index in [0.29, 0.717) is 5.70 Å². The lowest BCUT2D eigenvalue weighted by Crippen LogP contribution is -1.88. The lowest BCUT2D eigenvalue weighted by Gasteiger charge is -2.00. The van der Waals surface area contributed by atoms with Crippen molar-refractivity contribution < 1.29 is 9.53 Å². The van der Waals surface area contributed by atoms with Gasteiger partial charge in [-0.3, -0.25) is 4.79 Å². The van der Waals surface area contributed by atoms with E-state index in [1.807, 2.05) is 30.5 Å². The molecule has 3 nitrogen and oxygen atoms in total. The van der Waals surface area contributed by atoms with Gasteiger partial charge in [-0.1, -0.05) is 12.1 Å². The number of carbonyl (C=O) groups excluding carboxylic acids is 1. The van der Waals surface area contributed by atoms with Gasteiger partial charge in [0.05, 0.1) is 7.11 Å². The quantitative estimate of drug-likeness (QED) is 0.770. The van der Waals surface area contributed by atoms with Gasteiger partial charge in [0.25, 0.3) is 0 Å². The molecule has 1 heterocycles. The van der Waals surface area contributed by atoms with Crippen molar-refractivity contribution in [2.75, 3.05) is 13.4 Å². The van der Waals surface area contributed by atoms with Crippen LogP contribution in [0.3, 0.4) is 0 Å². The minimum absolute atomic E-state index is 0.00262. The Kier molecular flexibility index (Phi) is 3.91. The Bertz CT molecular complexity index is 509. The van der Waals surface area contributed by atoms with Gasteiger partial charge in [-0.2, -0.15) is 0 Å². The molecule has 0 fully saturated rings. The van der Waals surface area contributed by atoms with E-state index >= 15 is 0 Å². The largest absolute Gasteiger partial charge is 0.497 e. The van der Waals surface area contributed by atoms with Gasteiger partial charge in [0.1, 0.15) is 15.8 Å². The highest BCUT2D eigenvalue weighted by Gasteiger charge is 2.21. The van der Waals surface area contributed by atoms with Crippen LogP contribution in [-0.4, -0.2) is 22.9 Å². The second-order valence-corrected chi connectivity index (χ2v) is 5.29. The third-order valence-electron chi connectivity index (χ3n) is 2.17. The molecule has 17 heavy (non-hydrogen) atoms. The number of hydrogen-bond acceptors (Lipinski definition) is 5. The molecular formula is C12H11NO2S2. The molecule has 0 saturated heterocycles. The lowest BCUT2D eigenvalue weighted by atomic mass is 10.2. The Labute approximate surface area is 108 Å². The third kappa shape index (κ3) is 2.92. The summed E-state index contributed by atoms with van der Waals surface area (Å²) < 4.78 is 5.92. The first-order valence-corrected chi connectivity index (χ1v) is 6.97. The van der Waals surface area contributed by atoms with Crippen LogP contribution >= 0.6 is 23.5 Å². The van der Waals surface area contributed by atoms with E-state index in [2.05, 4.69) is 4.99 Å². The van der Waals surface area contributed by atoms with E-state index in [0.717, 1.165) is 15.7 Å². The van der Waals surface area contributed by atoms with Crippen LogP contribution in [0.5, 0.6) is 5.75 Å². The number of methoxy groups -OCH3 is 1. The van der Waals surface area contributed by atoms with Gasteiger partial charge in [-0.15, -0.1) is 11.8 Å². The number of benzene rings is 1. The van der Waals surface area contributed by atoms with Crippen LogP contribution in [0.4, 0.5) is 0 Å². The summed E-state index contributed by atoms with van der Waals surface area (Å²) >= 11 is 2.66. The maximum absolute atomic E-state index is 11.6. The minimum Gasteiger partial charge on any atom is -0.497 e. The molecule has 2 rings (SSSR count). The van der Waals surface area contributed by atoms with Gasteiger partial charge < -0.3 is 4.74 Å². The molecule has 5 heteroatoms. The highest BCUT2D eigenvalue weighted by Crippen LogP contribution is 2.30. The molecule has 0 bridgehead atoms. The van der Waals surface area contributed by atoms with Gasteiger partial charge in [0.15, 0.2) is 0 Å². The van der Waals surface area contributed by atoms with Gasteiger partial charge in [0.2, 0.25) is 5.12 Å². The second-order valence-electron chi connectivity index (χ2n) is 3.28. The van der Waals surface area contributed by atoms with Crippen molar-refractivity contribution in [3.05, 3.63) is 35.5 Å². The lowest BCUT2D eigenvalue weighted by molar-refractivity contribution is -0.107. The minimum atomic E-state index is -0.00262. The molecule has 0 aliphatic carbocycles. The number of ether oxygens (including phenoxy) is 1. The van der Waals surface area contributed by atoms with Crippen LogP contribution < -0.4 is 4.74 Å². The fourth-order valence-electron chi connectivity index (χ4n) is 1.37. The van der Waals surface area contributed by atoms with Crippen LogP contribution in [0, 0.1) is 0 Å². The summed E-state index contributed by atoms with van der Waals surface area (Å²) in [5, 5.41) is -0.00262. The molecule has 1 aliphatic rings. The van der Waals surface area contributed by atoms with Crippen LogP contribution in [0.1, 0.15) is 5.56 Å². The van der Waals surface area contributed by atoms with Crippen molar-refractivity contribution in [2.45, 2.75) is 0 Å². The summed E-state index contributed by atoms with van der Waals surface area (Å²) in [4.78, 5) is 15.9. The molecule has 0 N–H and O–H groups in total. The van der Waals surface area contributed by atoms with Crippen molar-refractivity contribution in [3.63, 3.8) is 0 Å². The molecule has 1 aromatic rings. The monoisotopic (exact) mass is 265 g/mol. The molecule has 0 unspecified atom stereocenters. The fraction of sp³-hybridized carbons (Fsp3) is 0.167. The number of carbonyl (C=O) groups is 1. The fourth-order valence-corrected chi connectivity index (χ4v) is 2.63. The van der Waals surface area contributed by atoms with Crippen molar-refractivity contribution in [3.8, 4) is 5.75 Å². The molecule has 0 amide bonds. The Hall–Kier alpha value is -1.20. The smallest absolute Gasteiger partial charge is 0.244 e. The predicted molar refractivity (Wildman–Crippen MR) is 74.5 cm³/mol. The van der Waals surface area contributed by atoms with Crippen LogP contribution in [0.25, 0.3) is 6.08 Å². The molecule has 0 radical (unpaired) electrons. The van der Waals surface area contributed by atoms with E-state index in [1.165, 1.54) is 23.5 Å². The number of aliphatic imine (C=N–C) groups is 1. The average molecular weight is 265 g/mol. The summed E-state index contributed by atoms with van der Waals surface area (Å²) in [6.45, 7) is 0. The van der Waals surface area contributed by atoms with Crippen LogP contribution in [0.2, 0.25) is 0 Å². The van der Waals surface area contributed by atoms with E-state index in [1.54, 1.807) is 13.2 Å². The summed E-state index contributed by atoms with van der Waals surface area (Å²) in [6, 6.07) is 7.54. The summed E-state index contributed by atoms with van der Waals surface area (Å²) in [6.07, 6.45) is 3.69. The number of hydrogen-bond donors (Lipinski definition) is 0. The first kappa shape index (κ1) is 12.3. The van der Waals surface area contributed by atoms with Crippen molar-refractivity contribution in [1.29, 1.82) is 0 Å². The zero-order valence-corrected chi connectivity index (χ0v) is 11.1. The van der Waals surface area contributed by atoms with E-state index < -0.39 is 0 Å². The summed E-state index contributed by atoms with van der Waals surface area (Å²) in [7, 11) is 1.62. The molecule has 0 spiro atoms. The average Bonchev–Trinajstić information content (AvgIpc) is 2.70. The Morgan fingerprint density at radius 2 is 2.29 bits per heavy atom. The van der Waals surface area contributed by atoms with Gasteiger partial charge >= 0.3 is 0 Å². The standard InChI is InChI=1S/C12H11NO2S2/c1-15-9-5-3-4-8(6-9)7-10-11(14)17-12(13-10)16-2/h3-7H,1-2H3/b10-7+. The molecule has 0 aromatic heterocycles. The third-order valence-corrected chi connectivity index (χ3v) is 4.02. The molecular weight excluding hydrogens is 254 g/mol. The van der Waals surface area contributed by atoms with E-state index in [9.17, 15) is 4.79 Å². The van der Waals surface area contributed by atoms with Gasteiger partial charge in [-0.05, 0) is 41.8 Å².